The van der Waals surface area contributed by atoms with E-state index < -0.39 is 45.3 Å². The average molecular weight is 597 g/mol. The molecule has 0 radical (unpaired) electrons. The van der Waals surface area contributed by atoms with Gasteiger partial charge in [-0.1, -0.05) is 91.0 Å². The number of nitrogens with one attached hydrogen (secondary N) is 1. The number of carbonyl (C=O) groups is 3. The minimum absolute atomic E-state index is 0.114. The summed E-state index contributed by atoms with van der Waals surface area (Å²) >= 11 is 15.2. The van der Waals surface area contributed by atoms with E-state index in [9.17, 15) is 14.4 Å². The number of para-hydroxylation sites is 2. The SMILES string of the molecule is COc1ccccc1NC(=O)[C@H](Cc1ccccc1)N1C(=O)[C@@H]2[C@H](C1=O)C1(Cl)c3ccccc3C2(Cl)c2ccccc21. The molecule has 8 rings (SSSR count). The molecule has 2 bridgehead atoms. The molecule has 3 amide bonds. The lowest BCUT2D eigenvalue weighted by atomic mass is 9.54. The van der Waals surface area contributed by atoms with Crippen LogP contribution in [-0.2, 0) is 30.6 Å². The largest absolute Gasteiger partial charge is 0.495 e. The van der Waals surface area contributed by atoms with Crippen molar-refractivity contribution in [1.82, 2.24) is 4.90 Å². The van der Waals surface area contributed by atoms with Gasteiger partial charge in [-0.3, -0.25) is 19.3 Å². The van der Waals surface area contributed by atoms with Crippen LogP contribution < -0.4 is 10.1 Å². The molecular formula is C34H26Cl2N2O4. The van der Waals surface area contributed by atoms with E-state index in [1.165, 1.54) is 7.11 Å². The van der Waals surface area contributed by atoms with Gasteiger partial charge >= 0.3 is 0 Å². The minimum atomic E-state index is -1.33. The van der Waals surface area contributed by atoms with Crippen LogP contribution in [0.5, 0.6) is 5.75 Å². The van der Waals surface area contributed by atoms with Gasteiger partial charge in [0, 0.05) is 6.42 Å². The molecule has 1 N–H and O–H groups in total. The highest BCUT2D eigenvalue weighted by Gasteiger charge is 2.73. The molecule has 1 saturated heterocycles. The number of ether oxygens (including phenoxy) is 1. The predicted molar refractivity (Wildman–Crippen MR) is 161 cm³/mol. The Hall–Kier alpha value is -4.13. The molecule has 0 spiro atoms. The number of imide groups is 1. The van der Waals surface area contributed by atoms with Gasteiger partial charge in [0.25, 0.3) is 0 Å². The van der Waals surface area contributed by atoms with Crippen LogP contribution in [0.25, 0.3) is 0 Å². The summed E-state index contributed by atoms with van der Waals surface area (Å²) in [7, 11) is 1.51. The predicted octanol–water partition coefficient (Wildman–Crippen LogP) is 5.84. The number of likely N-dealkylation sites (tertiary alicyclic amines) is 1. The highest BCUT2D eigenvalue weighted by atomic mass is 35.5. The number of amides is 3. The van der Waals surface area contributed by atoms with Crippen molar-refractivity contribution in [3.63, 3.8) is 0 Å². The molecule has 3 atom stereocenters. The number of carbonyl (C=O) groups excluding carboxylic acids is 3. The third-order valence-electron chi connectivity index (χ3n) is 8.87. The van der Waals surface area contributed by atoms with E-state index in [0.29, 0.717) is 33.7 Å². The summed E-state index contributed by atoms with van der Waals surface area (Å²) in [4.78, 5) is 41.7. The number of benzene rings is 4. The lowest BCUT2D eigenvalue weighted by Gasteiger charge is -2.54. The van der Waals surface area contributed by atoms with Crippen molar-refractivity contribution < 1.29 is 19.1 Å². The van der Waals surface area contributed by atoms with Gasteiger partial charge in [0.2, 0.25) is 17.7 Å². The number of rotatable bonds is 6. The standard InChI is InChI=1S/C34H26Cl2N2O4/c1-42-27-18-10-9-17-25(27)37-30(39)26(19-20-11-3-2-4-12-20)38-31(40)28-29(32(38)41)34(36)22-14-6-5-13-21(22)33(28,35)23-15-7-8-16-24(23)34/h2-18,26,28-29H,19H2,1H3,(H,37,39)/t26-,28-,29+,33?,34?/m0/s1. The normalized spacial score (nSPS) is 25.8. The summed E-state index contributed by atoms with van der Waals surface area (Å²) in [5.74, 6) is -3.06. The quantitative estimate of drug-likeness (QED) is 0.224. The molecule has 0 unspecified atom stereocenters. The van der Waals surface area contributed by atoms with E-state index >= 15 is 0 Å². The number of alkyl halides is 2. The maximum Gasteiger partial charge on any atom is 0.248 e. The molecule has 6 nitrogen and oxygen atoms in total. The van der Waals surface area contributed by atoms with E-state index in [0.717, 1.165) is 10.5 Å². The van der Waals surface area contributed by atoms with Gasteiger partial charge in [0.15, 0.2) is 0 Å². The fraction of sp³-hybridized carbons (Fsp3) is 0.206. The van der Waals surface area contributed by atoms with Crippen LogP contribution in [0.3, 0.4) is 0 Å². The van der Waals surface area contributed by atoms with E-state index in [1.54, 1.807) is 24.3 Å². The first-order valence-corrected chi connectivity index (χ1v) is 14.5. The second-order valence-electron chi connectivity index (χ2n) is 10.9. The number of methoxy groups -OCH3 is 1. The van der Waals surface area contributed by atoms with Gasteiger partial charge in [-0.05, 0) is 39.9 Å². The van der Waals surface area contributed by atoms with Crippen molar-refractivity contribution in [2.45, 2.75) is 22.2 Å². The van der Waals surface area contributed by atoms with Crippen molar-refractivity contribution in [1.29, 1.82) is 0 Å². The van der Waals surface area contributed by atoms with Crippen LogP contribution >= 0.6 is 23.2 Å². The van der Waals surface area contributed by atoms with Gasteiger partial charge in [-0.25, -0.2) is 0 Å². The Kier molecular flexibility index (Phi) is 6.19. The van der Waals surface area contributed by atoms with Crippen molar-refractivity contribution in [3.8, 4) is 5.75 Å². The lowest BCUT2D eigenvalue weighted by Crippen LogP contribution is -2.57. The Bertz CT molecular complexity index is 1640. The first-order chi connectivity index (χ1) is 20.3. The monoisotopic (exact) mass is 596 g/mol. The molecule has 4 aromatic carbocycles. The zero-order valence-electron chi connectivity index (χ0n) is 22.6. The Morgan fingerprint density at radius 3 is 1.71 bits per heavy atom. The third kappa shape index (κ3) is 3.55. The topological polar surface area (TPSA) is 75.7 Å². The van der Waals surface area contributed by atoms with E-state index in [-0.39, 0.29) is 6.42 Å². The molecule has 1 heterocycles. The van der Waals surface area contributed by atoms with Gasteiger partial charge in [0.1, 0.15) is 21.5 Å². The number of hydrogen-bond acceptors (Lipinski definition) is 4. The van der Waals surface area contributed by atoms with Gasteiger partial charge in [-0.15, -0.1) is 23.2 Å². The smallest absolute Gasteiger partial charge is 0.248 e. The van der Waals surface area contributed by atoms with Crippen LogP contribution in [0, 0.1) is 11.8 Å². The summed E-state index contributed by atoms with van der Waals surface area (Å²) in [6, 6.07) is 30.1. The van der Waals surface area contributed by atoms with Crippen LogP contribution in [0.2, 0.25) is 0 Å². The zero-order chi connectivity index (χ0) is 29.2. The molecule has 3 aliphatic carbocycles. The highest BCUT2D eigenvalue weighted by molar-refractivity contribution is 6.36. The zero-order valence-corrected chi connectivity index (χ0v) is 24.1. The van der Waals surface area contributed by atoms with Gasteiger partial charge in [0.05, 0.1) is 24.6 Å². The van der Waals surface area contributed by atoms with Gasteiger partial charge in [-0.2, -0.15) is 0 Å². The summed E-state index contributed by atoms with van der Waals surface area (Å²) in [5, 5.41) is 2.90. The van der Waals surface area contributed by atoms with Crippen LogP contribution in [0.1, 0.15) is 27.8 Å². The summed E-state index contributed by atoms with van der Waals surface area (Å²) < 4.78 is 5.43. The summed E-state index contributed by atoms with van der Waals surface area (Å²) in [5.41, 5.74) is 4.07. The number of anilines is 1. The Morgan fingerprint density at radius 2 is 1.21 bits per heavy atom. The van der Waals surface area contributed by atoms with E-state index in [4.69, 9.17) is 27.9 Å². The first-order valence-electron chi connectivity index (χ1n) is 13.7. The summed E-state index contributed by atoms with van der Waals surface area (Å²) in [6.45, 7) is 0. The second-order valence-corrected chi connectivity index (χ2v) is 12.1. The van der Waals surface area contributed by atoms with Crippen molar-refractivity contribution >= 4 is 46.6 Å². The molecule has 0 aromatic heterocycles. The fourth-order valence-corrected chi connectivity index (χ4v) is 8.20. The average Bonchev–Trinajstić information content (AvgIpc) is 3.30. The molecule has 1 fully saturated rings. The number of hydrogen-bond donors (Lipinski definition) is 1. The Labute approximate surface area is 253 Å². The number of halogens is 2. The molecule has 42 heavy (non-hydrogen) atoms. The van der Waals surface area contributed by atoms with Crippen LogP contribution in [0.4, 0.5) is 5.69 Å². The lowest BCUT2D eigenvalue weighted by molar-refractivity contribution is -0.146. The molecule has 1 aliphatic heterocycles. The minimum Gasteiger partial charge on any atom is -0.495 e. The first kappa shape index (κ1) is 26.7. The van der Waals surface area contributed by atoms with Crippen LogP contribution in [-0.4, -0.2) is 35.8 Å². The van der Waals surface area contributed by atoms with E-state index in [2.05, 4.69) is 5.32 Å². The maximum absolute atomic E-state index is 14.6. The Morgan fingerprint density at radius 1 is 0.762 bits per heavy atom. The molecule has 0 saturated carbocycles. The molecule has 8 heteroatoms. The highest BCUT2D eigenvalue weighted by Crippen LogP contribution is 2.69. The molecular weight excluding hydrogens is 571 g/mol. The van der Waals surface area contributed by atoms with Crippen molar-refractivity contribution in [2.75, 3.05) is 12.4 Å². The van der Waals surface area contributed by atoms with Crippen molar-refractivity contribution in [3.05, 3.63) is 131 Å². The van der Waals surface area contributed by atoms with E-state index in [1.807, 2.05) is 78.9 Å². The summed E-state index contributed by atoms with van der Waals surface area (Å²) in [6.07, 6.45) is 0.114. The second kappa shape index (κ2) is 9.72. The fourth-order valence-electron chi connectivity index (χ4n) is 7.10. The Balaban J connectivity index is 1.37. The third-order valence-corrected chi connectivity index (χ3v) is 10.2. The molecule has 210 valence electrons. The van der Waals surface area contributed by atoms with Crippen molar-refractivity contribution in [2.24, 2.45) is 11.8 Å². The maximum atomic E-state index is 14.6. The van der Waals surface area contributed by atoms with Gasteiger partial charge < -0.3 is 10.1 Å². The molecule has 4 aliphatic rings. The molecule has 4 aromatic rings. The van der Waals surface area contributed by atoms with Crippen LogP contribution in [0.15, 0.2) is 103 Å². The number of nitrogens with zero attached hydrogens (tertiary/aromatic N) is 1.